The van der Waals surface area contributed by atoms with Crippen LogP contribution in [0.4, 0.5) is 0 Å². The molecule has 1 aromatic rings. The summed E-state index contributed by atoms with van der Waals surface area (Å²) >= 11 is 0. The van der Waals surface area contributed by atoms with E-state index in [0.717, 1.165) is 19.3 Å². The fourth-order valence-electron chi connectivity index (χ4n) is 4.02. The van der Waals surface area contributed by atoms with Crippen LogP contribution in [-0.4, -0.2) is 54.5 Å². The number of carbonyl (C=O) groups is 3. The number of hydrogen-bond acceptors (Lipinski definition) is 5. The van der Waals surface area contributed by atoms with Crippen molar-refractivity contribution in [2.75, 3.05) is 26.8 Å². The van der Waals surface area contributed by atoms with E-state index < -0.39 is 5.97 Å². The molecule has 0 bridgehead atoms. The summed E-state index contributed by atoms with van der Waals surface area (Å²) in [5.41, 5.74) is 0.497. The largest absolute Gasteiger partial charge is 0.493 e. The van der Waals surface area contributed by atoms with Crippen molar-refractivity contribution in [3.8, 4) is 11.5 Å². The van der Waals surface area contributed by atoms with Crippen LogP contribution in [-0.2, 0) is 9.59 Å². The van der Waals surface area contributed by atoms with Gasteiger partial charge in [-0.25, -0.2) is 0 Å². The second-order valence-electron chi connectivity index (χ2n) is 7.71. The van der Waals surface area contributed by atoms with Crippen LogP contribution in [0.2, 0.25) is 0 Å². The molecule has 152 valence electrons. The summed E-state index contributed by atoms with van der Waals surface area (Å²) in [7, 11) is 1.52. The lowest BCUT2D eigenvalue weighted by molar-refractivity contribution is -0.139. The number of aliphatic carboxylic acids is 1. The Kier molecular flexibility index (Phi) is 5.91. The highest BCUT2D eigenvalue weighted by molar-refractivity contribution is 5.94. The topological polar surface area (TPSA) is 93.1 Å². The van der Waals surface area contributed by atoms with Gasteiger partial charge in [-0.05, 0) is 56.2 Å². The first-order chi connectivity index (χ1) is 13.4. The van der Waals surface area contributed by atoms with Gasteiger partial charge in [-0.2, -0.15) is 0 Å². The number of benzene rings is 1. The van der Waals surface area contributed by atoms with E-state index in [1.54, 1.807) is 18.2 Å². The van der Waals surface area contributed by atoms with Gasteiger partial charge in [-0.3, -0.25) is 14.4 Å². The highest BCUT2D eigenvalue weighted by Gasteiger charge is 2.59. The second-order valence-corrected chi connectivity index (χ2v) is 7.71. The number of carboxylic acid groups (broad SMARTS) is 1. The quantitative estimate of drug-likeness (QED) is 0.543. The monoisotopic (exact) mass is 389 g/mol. The maximum atomic E-state index is 12.4. The lowest BCUT2D eigenvalue weighted by Crippen LogP contribution is -2.40. The third-order valence-electron chi connectivity index (χ3n) is 5.96. The number of ether oxygens (including phenoxy) is 2. The number of amides is 1. The Hall–Kier alpha value is -2.57. The number of carboxylic acids is 1. The van der Waals surface area contributed by atoms with E-state index in [4.69, 9.17) is 14.6 Å². The third-order valence-corrected chi connectivity index (χ3v) is 5.96. The van der Waals surface area contributed by atoms with E-state index in [9.17, 15) is 14.4 Å². The minimum Gasteiger partial charge on any atom is -0.493 e. The van der Waals surface area contributed by atoms with Crippen molar-refractivity contribution in [3.63, 3.8) is 0 Å². The zero-order valence-corrected chi connectivity index (χ0v) is 16.4. The van der Waals surface area contributed by atoms with Gasteiger partial charge in [0.15, 0.2) is 17.3 Å². The Morgan fingerprint density at radius 2 is 1.93 bits per heavy atom. The minimum absolute atomic E-state index is 0.0420. The predicted octanol–water partition coefficient (Wildman–Crippen LogP) is 2.77. The smallest absolute Gasteiger partial charge is 0.307 e. The molecular formula is C21H27NO6. The average molecular weight is 389 g/mol. The molecule has 1 N–H and O–H groups in total. The Labute approximate surface area is 164 Å². The number of piperidine rings is 1. The SMILES string of the molecule is COc1cc(C(C)=O)ccc1OCCCC(=O)N1CCC2(CC1)CC2C(=O)O. The first-order valence-corrected chi connectivity index (χ1v) is 9.69. The molecule has 1 aliphatic heterocycles. The number of hydrogen-bond donors (Lipinski definition) is 1. The van der Waals surface area contributed by atoms with Gasteiger partial charge in [0.05, 0.1) is 19.6 Å². The Morgan fingerprint density at radius 1 is 1.21 bits per heavy atom. The summed E-state index contributed by atoms with van der Waals surface area (Å²) in [6.07, 6.45) is 3.29. The van der Waals surface area contributed by atoms with Crippen molar-refractivity contribution in [1.82, 2.24) is 4.90 Å². The molecule has 1 amide bonds. The summed E-state index contributed by atoms with van der Waals surface area (Å²) in [5, 5.41) is 9.14. The molecule has 2 aliphatic rings. The van der Waals surface area contributed by atoms with E-state index in [2.05, 4.69) is 0 Å². The number of ketones is 1. The number of methoxy groups -OCH3 is 1. The molecule has 1 heterocycles. The number of carbonyl (C=O) groups excluding carboxylic acids is 2. The van der Waals surface area contributed by atoms with E-state index >= 15 is 0 Å². The van der Waals surface area contributed by atoms with Crippen molar-refractivity contribution < 1.29 is 29.0 Å². The van der Waals surface area contributed by atoms with Gasteiger partial charge in [-0.15, -0.1) is 0 Å². The fourth-order valence-corrected chi connectivity index (χ4v) is 4.02. The molecule has 1 spiro atoms. The van der Waals surface area contributed by atoms with Crippen LogP contribution in [0.1, 0.15) is 49.4 Å². The van der Waals surface area contributed by atoms with Crippen LogP contribution in [0, 0.1) is 11.3 Å². The van der Waals surface area contributed by atoms with Gasteiger partial charge in [0, 0.05) is 25.1 Å². The van der Waals surface area contributed by atoms with Gasteiger partial charge in [-0.1, -0.05) is 0 Å². The van der Waals surface area contributed by atoms with Crippen molar-refractivity contribution in [1.29, 1.82) is 0 Å². The summed E-state index contributed by atoms with van der Waals surface area (Å²) in [6, 6.07) is 5.04. The Bertz CT molecular complexity index is 766. The molecule has 7 nitrogen and oxygen atoms in total. The van der Waals surface area contributed by atoms with Gasteiger partial charge < -0.3 is 19.5 Å². The first-order valence-electron chi connectivity index (χ1n) is 9.69. The van der Waals surface area contributed by atoms with Crippen LogP contribution >= 0.6 is 0 Å². The first kappa shape index (κ1) is 20.2. The third kappa shape index (κ3) is 4.29. The van der Waals surface area contributed by atoms with Crippen LogP contribution in [0.5, 0.6) is 11.5 Å². The number of rotatable bonds is 8. The van der Waals surface area contributed by atoms with Gasteiger partial charge in [0.2, 0.25) is 5.91 Å². The molecule has 2 fully saturated rings. The average Bonchev–Trinajstić information content (AvgIpc) is 3.39. The molecule has 1 aliphatic carbocycles. The van der Waals surface area contributed by atoms with E-state index in [1.165, 1.54) is 14.0 Å². The molecule has 7 heteroatoms. The molecule has 0 aromatic heterocycles. The molecule has 3 rings (SSSR count). The van der Waals surface area contributed by atoms with Gasteiger partial charge >= 0.3 is 5.97 Å². The van der Waals surface area contributed by atoms with Crippen molar-refractivity contribution in [2.45, 2.75) is 39.0 Å². The molecule has 1 saturated heterocycles. The summed E-state index contributed by atoms with van der Waals surface area (Å²) in [5.74, 6) is 0.168. The van der Waals surface area contributed by atoms with Crippen molar-refractivity contribution in [3.05, 3.63) is 23.8 Å². The van der Waals surface area contributed by atoms with E-state index in [0.29, 0.717) is 49.6 Å². The zero-order valence-electron chi connectivity index (χ0n) is 16.4. The molecule has 1 aromatic carbocycles. The molecule has 1 atom stereocenters. The zero-order chi connectivity index (χ0) is 20.3. The lowest BCUT2D eigenvalue weighted by atomic mass is 9.90. The molecule has 1 unspecified atom stereocenters. The maximum Gasteiger partial charge on any atom is 0.307 e. The van der Waals surface area contributed by atoms with Crippen LogP contribution in [0.25, 0.3) is 0 Å². The van der Waals surface area contributed by atoms with Crippen molar-refractivity contribution >= 4 is 17.7 Å². The number of nitrogens with zero attached hydrogens (tertiary/aromatic N) is 1. The van der Waals surface area contributed by atoms with Crippen LogP contribution < -0.4 is 9.47 Å². The normalized spacial score (nSPS) is 19.9. The summed E-state index contributed by atoms with van der Waals surface area (Å²) in [4.78, 5) is 36.8. The Morgan fingerprint density at radius 3 is 2.50 bits per heavy atom. The van der Waals surface area contributed by atoms with E-state index in [-0.39, 0.29) is 23.0 Å². The fraction of sp³-hybridized carbons (Fsp3) is 0.571. The minimum atomic E-state index is -0.705. The molecule has 28 heavy (non-hydrogen) atoms. The lowest BCUT2D eigenvalue weighted by Gasteiger charge is -2.32. The number of likely N-dealkylation sites (tertiary alicyclic amines) is 1. The molecule has 0 radical (unpaired) electrons. The highest BCUT2D eigenvalue weighted by Crippen LogP contribution is 2.59. The standard InChI is InChI=1S/C21H27NO6/c1-14(23)15-5-6-17(18(12-15)27-2)28-11-3-4-19(24)22-9-7-21(8-10-22)13-16(21)20(25)26/h5-6,12,16H,3-4,7-11,13H2,1-2H3,(H,25,26). The Balaban J connectivity index is 1.41. The van der Waals surface area contributed by atoms with E-state index in [1.807, 2.05) is 4.90 Å². The summed E-state index contributed by atoms with van der Waals surface area (Å²) < 4.78 is 11.0. The predicted molar refractivity (Wildman–Crippen MR) is 102 cm³/mol. The van der Waals surface area contributed by atoms with Gasteiger partial charge in [0.25, 0.3) is 0 Å². The highest BCUT2D eigenvalue weighted by atomic mass is 16.5. The second kappa shape index (κ2) is 8.20. The van der Waals surface area contributed by atoms with Crippen LogP contribution in [0.3, 0.4) is 0 Å². The van der Waals surface area contributed by atoms with Crippen LogP contribution in [0.15, 0.2) is 18.2 Å². The van der Waals surface area contributed by atoms with Crippen molar-refractivity contribution in [2.24, 2.45) is 11.3 Å². The molecular weight excluding hydrogens is 362 g/mol. The molecule has 1 saturated carbocycles. The van der Waals surface area contributed by atoms with Gasteiger partial charge in [0.1, 0.15) is 0 Å². The number of Topliss-reactive ketones (excluding diaryl/α,β-unsaturated/α-hetero) is 1. The summed E-state index contributed by atoms with van der Waals surface area (Å²) in [6.45, 7) is 3.16. The maximum absolute atomic E-state index is 12.4.